The van der Waals surface area contributed by atoms with Crippen LogP contribution in [0.3, 0.4) is 0 Å². The van der Waals surface area contributed by atoms with Gasteiger partial charge in [-0.15, -0.1) is 0 Å². The first kappa shape index (κ1) is 26.1. The van der Waals surface area contributed by atoms with E-state index in [0.29, 0.717) is 18.8 Å². The maximum atomic E-state index is 14.1. The molecule has 2 rings (SSSR count). The van der Waals surface area contributed by atoms with Gasteiger partial charge in [0.05, 0.1) is 5.92 Å². The molecule has 0 N–H and O–H groups in total. The van der Waals surface area contributed by atoms with E-state index in [1.807, 2.05) is 0 Å². The Bertz CT molecular complexity index is 602. The standard InChI is InChI=1S/C20H27F9O2/c1-2-3-12-4-10-15(11-5-12)31-16(30)13-6-8-14(9-7-13)17(21,22)18(23,24)19(25,26)20(27,28)29/h12-15H,2-11H2,1H3/t12-,13-,14-,15-. The molecule has 0 heterocycles. The van der Waals surface area contributed by atoms with Crippen LogP contribution in [0.1, 0.15) is 71.1 Å². The highest BCUT2D eigenvalue weighted by Crippen LogP contribution is 2.57. The summed E-state index contributed by atoms with van der Waals surface area (Å²) in [6.45, 7) is 2.08. The lowest BCUT2D eigenvalue weighted by Crippen LogP contribution is -2.63. The highest BCUT2D eigenvalue weighted by Gasteiger charge is 2.82. The van der Waals surface area contributed by atoms with Crippen LogP contribution in [0.4, 0.5) is 39.5 Å². The van der Waals surface area contributed by atoms with E-state index in [2.05, 4.69) is 6.92 Å². The lowest BCUT2D eigenvalue weighted by atomic mass is 9.76. The van der Waals surface area contributed by atoms with E-state index in [1.54, 1.807) is 0 Å². The monoisotopic (exact) mass is 470 g/mol. The Morgan fingerprint density at radius 1 is 0.774 bits per heavy atom. The lowest BCUT2D eigenvalue weighted by molar-refractivity contribution is -0.404. The Morgan fingerprint density at radius 2 is 1.29 bits per heavy atom. The lowest BCUT2D eigenvalue weighted by Gasteiger charge is -2.40. The van der Waals surface area contributed by atoms with Crippen molar-refractivity contribution < 1.29 is 49.0 Å². The summed E-state index contributed by atoms with van der Waals surface area (Å²) < 4.78 is 124. The minimum atomic E-state index is -6.88. The predicted octanol–water partition coefficient (Wildman–Crippen LogP) is 7.16. The molecule has 0 aromatic heterocycles. The number of esters is 1. The number of ether oxygens (including phenoxy) is 1. The molecule has 2 saturated carbocycles. The number of halogens is 9. The van der Waals surface area contributed by atoms with Crippen molar-refractivity contribution in [3.63, 3.8) is 0 Å². The van der Waals surface area contributed by atoms with Gasteiger partial charge in [-0.05, 0) is 57.3 Å². The number of carbonyl (C=O) groups excluding carboxylic acids is 1. The third kappa shape index (κ3) is 5.26. The highest BCUT2D eigenvalue weighted by molar-refractivity contribution is 5.72. The molecule has 0 radical (unpaired) electrons. The van der Waals surface area contributed by atoms with Crippen LogP contribution in [0.5, 0.6) is 0 Å². The summed E-state index contributed by atoms with van der Waals surface area (Å²) in [7, 11) is 0. The van der Waals surface area contributed by atoms with Gasteiger partial charge in [0.2, 0.25) is 0 Å². The van der Waals surface area contributed by atoms with Gasteiger partial charge in [-0.2, -0.15) is 39.5 Å². The van der Waals surface area contributed by atoms with Crippen LogP contribution >= 0.6 is 0 Å². The molecule has 0 bridgehead atoms. The highest BCUT2D eigenvalue weighted by atomic mass is 19.4. The summed E-state index contributed by atoms with van der Waals surface area (Å²) in [5.41, 5.74) is 0. The molecule has 0 saturated heterocycles. The zero-order valence-electron chi connectivity index (χ0n) is 17.1. The van der Waals surface area contributed by atoms with E-state index in [1.165, 1.54) is 0 Å². The van der Waals surface area contributed by atoms with E-state index < -0.39 is 54.6 Å². The SMILES string of the molecule is CCC[C@H]1CC[C@H](OC(=O)[C@H]2CC[C@H](C(F)(F)C(F)(F)C(F)(F)C(F)(F)F)CC2)CC1. The maximum Gasteiger partial charge on any atom is 0.460 e. The van der Waals surface area contributed by atoms with Crippen molar-refractivity contribution in [1.29, 1.82) is 0 Å². The smallest absolute Gasteiger partial charge is 0.460 e. The van der Waals surface area contributed by atoms with E-state index in [4.69, 9.17) is 4.74 Å². The second-order valence-corrected chi connectivity index (χ2v) is 8.69. The van der Waals surface area contributed by atoms with Crippen molar-refractivity contribution in [3.05, 3.63) is 0 Å². The fourth-order valence-electron chi connectivity index (χ4n) is 4.54. The Hall–Kier alpha value is -1.16. The third-order valence-corrected chi connectivity index (χ3v) is 6.52. The van der Waals surface area contributed by atoms with Crippen molar-refractivity contribution in [2.45, 2.75) is 101 Å². The quantitative estimate of drug-likeness (QED) is 0.291. The van der Waals surface area contributed by atoms with Gasteiger partial charge < -0.3 is 4.74 Å². The summed E-state index contributed by atoms with van der Waals surface area (Å²) >= 11 is 0. The second kappa shape index (κ2) is 9.37. The molecule has 0 amide bonds. The Morgan fingerprint density at radius 3 is 1.74 bits per heavy atom. The molecule has 31 heavy (non-hydrogen) atoms. The molecule has 2 aliphatic carbocycles. The Kier molecular flexibility index (Phi) is 7.89. The van der Waals surface area contributed by atoms with Gasteiger partial charge in [0.1, 0.15) is 6.10 Å². The number of hydrogen-bond donors (Lipinski definition) is 0. The number of carbonyl (C=O) groups is 1. The summed E-state index contributed by atoms with van der Waals surface area (Å²) in [6, 6.07) is 0. The zero-order valence-corrected chi connectivity index (χ0v) is 17.1. The molecule has 2 nitrogen and oxygen atoms in total. The molecule has 182 valence electrons. The summed E-state index contributed by atoms with van der Waals surface area (Å²) in [4.78, 5) is 12.3. The van der Waals surface area contributed by atoms with Crippen LogP contribution < -0.4 is 0 Å². The minimum Gasteiger partial charge on any atom is -0.462 e. The molecule has 0 aromatic carbocycles. The van der Waals surface area contributed by atoms with Crippen LogP contribution in [-0.2, 0) is 9.53 Å². The van der Waals surface area contributed by atoms with Crippen LogP contribution in [0.25, 0.3) is 0 Å². The first-order valence-electron chi connectivity index (χ1n) is 10.6. The second-order valence-electron chi connectivity index (χ2n) is 8.69. The van der Waals surface area contributed by atoms with E-state index >= 15 is 0 Å². The molecule has 2 fully saturated rings. The summed E-state index contributed by atoms with van der Waals surface area (Å²) in [5, 5.41) is 0. The fourth-order valence-corrected chi connectivity index (χ4v) is 4.54. The zero-order chi connectivity index (χ0) is 23.7. The van der Waals surface area contributed by atoms with Crippen molar-refractivity contribution in [2.75, 3.05) is 0 Å². The Balaban J connectivity index is 1.92. The Labute approximate surface area is 174 Å². The summed E-state index contributed by atoms with van der Waals surface area (Å²) in [5.74, 6) is -22.4. The average molecular weight is 470 g/mol. The molecule has 0 unspecified atom stereocenters. The maximum absolute atomic E-state index is 14.1. The van der Waals surface area contributed by atoms with Crippen LogP contribution in [-0.4, -0.2) is 36.0 Å². The van der Waals surface area contributed by atoms with Gasteiger partial charge in [-0.1, -0.05) is 19.8 Å². The number of rotatable bonds is 7. The van der Waals surface area contributed by atoms with Crippen molar-refractivity contribution in [2.24, 2.45) is 17.8 Å². The summed E-state index contributed by atoms with van der Waals surface area (Å²) in [6.07, 6.45) is -4.10. The van der Waals surface area contributed by atoms with Crippen molar-refractivity contribution in [1.82, 2.24) is 0 Å². The van der Waals surface area contributed by atoms with Crippen LogP contribution in [0.15, 0.2) is 0 Å². The number of alkyl halides is 9. The number of hydrogen-bond acceptors (Lipinski definition) is 2. The molecular formula is C20H27F9O2. The van der Waals surface area contributed by atoms with Crippen LogP contribution in [0.2, 0.25) is 0 Å². The van der Waals surface area contributed by atoms with Gasteiger partial charge in [-0.25, -0.2) is 0 Å². The molecular weight excluding hydrogens is 443 g/mol. The van der Waals surface area contributed by atoms with Gasteiger partial charge >= 0.3 is 29.9 Å². The van der Waals surface area contributed by atoms with Crippen molar-refractivity contribution >= 4 is 5.97 Å². The molecule has 0 aliphatic heterocycles. The molecule has 0 spiro atoms. The largest absolute Gasteiger partial charge is 0.462 e. The van der Waals surface area contributed by atoms with E-state index in [9.17, 15) is 44.3 Å². The van der Waals surface area contributed by atoms with Gasteiger partial charge in [0.25, 0.3) is 0 Å². The van der Waals surface area contributed by atoms with Gasteiger partial charge in [-0.3, -0.25) is 4.79 Å². The molecule has 11 heteroatoms. The fraction of sp³-hybridized carbons (Fsp3) is 0.950. The van der Waals surface area contributed by atoms with Crippen LogP contribution in [0, 0.1) is 17.8 Å². The first-order chi connectivity index (χ1) is 14.1. The average Bonchev–Trinajstić information content (AvgIpc) is 2.68. The van der Waals surface area contributed by atoms with Gasteiger partial charge in [0, 0.05) is 5.92 Å². The topological polar surface area (TPSA) is 26.3 Å². The van der Waals surface area contributed by atoms with Crippen molar-refractivity contribution in [3.8, 4) is 0 Å². The predicted molar refractivity (Wildman–Crippen MR) is 93.1 cm³/mol. The minimum absolute atomic E-state index is 0.311. The molecule has 0 aromatic rings. The first-order valence-corrected chi connectivity index (χ1v) is 10.6. The molecule has 2 aliphatic rings. The van der Waals surface area contributed by atoms with E-state index in [-0.39, 0.29) is 18.9 Å². The van der Waals surface area contributed by atoms with E-state index in [0.717, 1.165) is 25.7 Å². The van der Waals surface area contributed by atoms with Gasteiger partial charge in [0.15, 0.2) is 0 Å². The normalized spacial score (nSPS) is 29.0. The molecule has 0 atom stereocenters. The third-order valence-electron chi connectivity index (χ3n) is 6.52.